The zero-order valence-electron chi connectivity index (χ0n) is 10.3. The second-order valence-corrected chi connectivity index (χ2v) is 5.87. The quantitative estimate of drug-likeness (QED) is 0.891. The highest BCUT2D eigenvalue weighted by molar-refractivity contribution is 7.19. The van der Waals surface area contributed by atoms with E-state index in [0.29, 0.717) is 6.10 Å². The van der Waals surface area contributed by atoms with E-state index in [1.165, 1.54) is 36.1 Å². The van der Waals surface area contributed by atoms with E-state index in [9.17, 15) is 0 Å². The molecule has 2 aromatic rings. The van der Waals surface area contributed by atoms with Crippen LogP contribution in [-0.2, 0) is 0 Å². The van der Waals surface area contributed by atoms with Gasteiger partial charge in [-0.25, -0.2) is 0 Å². The summed E-state index contributed by atoms with van der Waals surface area (Å²) in [6.45, 7) is 0. The maximum absolute atomic E-state index is 5.95. The van der Waals surface area contributed by atoms with Crippen molar-refractivity contribution >= 4 is 16.3 Å². The summed E-state index contributed by atoms with van der Waals surface area (Å²) in [7, 11) is 0. The number of nitrogens with two attached hydrogens (primary N) is 1. The van der Waals surface area contributed by atoms with E-state index in [-0.39, 0.29) is 0 Å². The van der Waals surface area contributed by atoms with Gasteiger partial charge in [-0.05, 0) is 67.6 Å². The fourth-order valence-corrected chi connectivity index (χ4v) is 3.18. The summed E-state index contributed by atoms with van der Waals surface area (Å²) >= 11 is 1.62. The van der Waals surface area contributed by atoms with Gasteiger partial charge in [-0.2, -0.15) is 0 Å². The molecule has 0 aliphatic heterocycles. The molecule has 3 rings (SSSR count). The SMILES string of the molecule is Nc1ccc(-c2ccc(OC3CCCC3)cc2)s1. The number of ether oxygens (including phenoxy) is 1. The average Bonchev–Trinajstić information content (AvgIpc) is 3.02. The van der Waals surface area contributed by atoms with Crippen LogP contribution in [0.2, 0.25) is 0 Å². The number of thiophene rings is 1. The van der Waals surface area contributed by atoms with Crippen LogP contribution in [0, 0.1) is 0 Å². The summed E-state index contributed by atoms with van der Waals surface area (Å²) in [6, 6.07) is 12.3. The van der Waals surface area contributed by atoms with Crippen molar-refractivity contribution < 1.29 is 4.74 Å². The molecule has 1 saturated carbocycles. The number of anilines is 1. The molecule has 0 bridgehead atoms. The average molecular weight is 259 g/mol. The molecule has 0 radical (unpaired) electrons. The van der Waals surface area contributed by atoms with Gasteiger partial charge < -0.3 is 10.5 Å². The van der Waals surface area contributed by atoms with Crippen LogP contribution in [0.3, 0.4) is 0 Å². The van der Waals surface area contributed by atoms with Crippen molar-refractivity contribution in [3.63, 3.8) is 0 Å². The lowest BCUT2D eigenvalue weighted by Crippen LogP contribution is -2.10. The van der Waals surface area contributed by atoms with Gasteiger partial charge in [0.1, 0.15) is 5.75 Å². The first-order valence-electron chi connectivity index (χ1n) is 6.44. The van der Waals surface area contributed by atoms with Gasteiger partial charge in [-0.1, -0.05) is 0 Å². The zero-order valence-corrected chi connectivity index (χ0v) is 11.1. The Morgan fingerprint density at radius 1 is 1.00 bits per heavy atom. The number of benzene rings is 1. The fraction of sp³-hybridized carbons (Fsp3) is 0.333. The van der Waals surface area contributed by atoms with Crippen LogP contribution in [0.1, 0.15) is 25.7 Å². The second-order valence-electron chi connectivity index (χ2n) is 4.75. The predicted octanol–water partition coefficient (Wildman–Crippen LogP) is 4.32. The van der Waals surface area contributed by atoms with Crippen molar-refractivity contribution in [2.24, 2.45) is 0 Å². The summed E-state index contributed by atoms with van der Waals surface area (Å²) in [5.41, 5.74) is 6.95. The minimum Gasteiger partial charge on any atom is -0.490 e. The normalized spacial score (nSPS) is 16.0. The van der Waals surface area contributed by atoms with Crippen molar-refractivity contribution in [3.05, 3.63) is 36.4 Å². The third-order valence-corrected chi connectivity index (χ3v) is 4.33. The first kappa shape index (κ1) is 11.6. The van der Waals surface area contributed by atoms with E-state index in [4.69, 9.17) is 10.5 Å². The summed E-state index contributed by atoms with van der Waals surface area (Å²) in [6.07, 6.45) is 5.43. The van der Waals surface area contributed by atoms with Crippen LogP contribution >= 0.6 is 11.3 Å². The molecule has 18 heavy (non-hydrogen) atoms. The van der Waals surface area contributed by atoms with Gasteiger partial charge >= 0.3 is 0 Å². The fourth-order valence-electron chi connectivity index (χ4n) is 2.40. The smallest absolute Gasteiger partial charge is 0.119 e. The Labute approximate surface area is 111 Å². The molecule has 0 unspecified atom stereocenters. The maximum atomic E-state index is 5.95. The molecular formula is C15H17NOS. The molecule has 1 aromatic heterocycles. The van der Waals surface area contributed by atoms with Crippen LogP contribution in [0.5, 0.6) is 5.75 Å². The first-order valence-corrected chi connectivity index (χ1v) is 7.25. The predicted molar refractivity (Wildman–Crippen MR) is 77.1 cm³/mol. The lowest BCUT2D eigenvalue weighted by Gasteiger charge is -2.13. The molecule has 0 saturated heterocycles. The monoisotopic (exact) mass is 259 g/mol. The van der Waals surface area contributed by atoms with Gasteiger partial charge in [0.2, 0.25) is 0 Å². The standard InChI is InChI=1S/C15H17NOS/c16-15-10-9-14(18-15)11-5-7-13(8-6-11)17-12-3-1-2-4-12/h5-10,12H,1-4,16H2. The third-order valence-electron chi connectivity index (χ3n) is 3.37. The van der Waals surface area contributed by atoms with Crippen LogP contribution in [0.15, 0.2) is 36.4 Å². The topological polar surface area (TPSA) is 35.2 Å². The van der Waals surface area contributed by atoms with Crippen LogP contribution in [0.4, 0.5) is 5.00 Å². The van der Waals surface area contributed by atoms with Crippen molar-refractivity contribution in [2.75, 3.05) is 5.73 Å². The molecule has 1 heterocycles. The Bertz CT molecular complexity index is 512. The summed E-state index contributed by atoms with van der Waals surface area (Å²) in [5.74, 6) is 0.982. The molecule has 0 spiro atoms. The Morgan fingerprint density at radius 2 is 1.72 bits per heavy atom. The molecule has 1 fully saturated rings. The highest BCUT2D eigenvalue weighted by Gasteiger charge is 2.16. The van der Waals surface area contributed by atoms with Gasteiger partial charge in [-0.15, -0.1) is 11.3 Å². The summed E-state index contributed by atoms with van der Waals surface area (Å²) < 4.78 is 5.95. The highest BCUT2D eigenvalue weighted by atomic mass is 32.1. The zero-order chi connectivity index (χ0) is 12.4. The summed E-state index contributed by atoms with van der Waals surface area (Å²) in [4.78, 5) is 1.21. The molecule has 0 amide bonds. The Morgan fingerprint density at radius 3 is 2.33 bits per heavy atom. The van der Waals surface area contributed by atoms with Gasteiger partial charge in [-0.3, -0.25) is 0 Å². The largest absolute Gasteiger partial charge is 0.490 e. The minimum absolute atomic E-state index is 0.424. The van der Waals surface area contributed by atoms with Crippen molar-refractivity contribution in [1.82, 2.24) is 0 Å². The molecule has 94 valence electrons. The molecule has 3 heteroatoms. The minimum atomic E-state index is 0.424. The van der Waals surface area contributed by atoms with Crippen LogP contribution in [0.25, 0.3) is 10.4 Å². The Balaban J connectivity index is 1.72. The highest BCUT2D eigenvalue weighted by Crippen LogP contribution is 2.31. The van der Waals surface area contributed by atoms with Gasteiger partial charge in [0.15, 0.2) is 0 Å². The van der Waals surface area contributed by atoms with Crippen LogP contribution < -0.4 is 10.5 Å². The lowest BCUT2D eigenvalue weighted by molar-refractivity contribution is 0.210. The Hall–Kier alpha value is -1.48. The van der Waals surface area contributed by atoms with E-state index in [0.717, 1.165) is 10.8 Å². The number of rotatable bonds is 3. The number of nitrogen functional groups attached to an aromatic ring is 1. The van der Waals surface area contributed by atoms with E-state index < -0.39 is 0 Å². The molecule has 1 aromatic carbocycles. The summed E-state index contributed by atoms with van der Waals surface area (Å²) in [5, 5.41) is 0.858. The molecule has 2 N–H and O–H groups in total. The lowest BCUT2D eigenvalue weighted by atomic mass is 10.2. The van der Waals surface area contributed by atoms with Crippen molar-refractivity contribution in [2.45, 2.75) is 31.8 Å². The maximum Gasteiger partial charge on any atom is 0.119 e. The van der Waals surface area contributed by atoms with Gasteiger partial charge in [0, 0.05) is 4.88 Å². The van der Waals surface area contributed by atoms with E-state index >= 15 is 0 Å². The number of hydrogen-bond donors (Lipinski definition) is 1. The molecule has 2 nitrogen and oxygen atoms in total. The van der Waals surface area contributed by atoms with Crippen molar-refractivity contribution in [1.29, 1.82) is 0 Å². The first-order chi connectivity index (χ1) is 8.81. The molecule has 1 aliphatic carbocycles. The third kappa shape index (κ3) is 2.51. The number of hydrogen-bond acceptors (Lipinski definition) is 3. The van der Waals surface area contributed by atoms with E-state index in [2.05, 4.69) is 30.3 Å². The second kappa shape index (κ2) is 5.02. The Kier molecular flexibility index (Phi) is 3.24. The van der Waals surface area contributed by atoms with Crippen LogP contribution in [-0.4, -0.2) is 6.10 Å². The van der Waals surface area contributed by atoms with E-state index in [1.807, 2.05) is 6.07 Å². The van der Waals surface area contributed by atoms with Crippen molar-refractivity contribution in [3.8, 4) is 16.2 Å². The molecular weight excluding hydrogens is 242 g/mol. The molecule has 0 atom stereocenters. The van der Waals surface area contributed by atoms with E-state index in [1.54, 1.807) is 11.3 Å². The molecule has 1 aliphatic rings. The van der Waals surface area contributed by atoms with Gasteiger partial charge in [0.25, 0.3) is 0 Å². The van der Waals surface area contributed by atoms with Gasteiger partial charge in [0.05, 0.1) is 11.1 Å².